The number of hydrogen-bond acceptors (Lipinski definition) is 2. The van der Waals surface area contributed by atoms with Crippen molar-refractivity contribution in [3.63, 3.8) is 0 Å². The van der Waals surface area contributed by atoms with Crippen LogP contribution in [0.5, 0.6) is 0 Å². The molecule has 4 heteroatoms. The molecule has 0 N–H and O–H groups in total. The molecule has 0 fully saturated rings. The molecule has 3 nitrogen and oxygen atoms in total. The maximum absolute atomic E-state index is 11.6. The molecular formula is C11H16BrNO2. The van der Waals surface area contributed by atoms with Gasteiger partial charge in [-0.1, -0.05) is 13.3 Å². The third-order valence-corrected chi connectivity index (χ3v) is 2.58. The fourth-order valence-corrected chi connectivity index (χ4v) is 1.75. The SMILES string of the molecule is CCCCOC(=O)c1cc(Br)cn1CC. The molecule has 0 spiro atoms. The highest BCUT2D eigenvalue weighted by molar-refractivity contribution is 9.10. The number of aromatic nitrogens is 1. The standard InChI is InChI=1S/C11H16BrNO2/c1-3-5-6-15-11(14)10-7-9(12)8-13(10)4-2/h7-8H,3-6H2,1-2H3. The lowest BCUT2D eigenvalue weighted by Gasteiger charge is -2.06. The molecule has 0 saturated carbocycles. The van der Waals surface area contributed by atoms with Crippen molar-refractivity contribution in [3.8, 4) is 0 Å². The predicted molar refractivity (Wildman–Crippen MR) is 63.0 cm³/mol. The summed E-state index contributed by atoms with van der Waals surface area (Å²) in [4.78, 5) is 11.6. The first-order chi connectivity index (χ1) is 7.19. The minimum Gasteiger partial charge on any atom is -0.461 e. The topological polar surface area (TPSA) is 31.2 Å². The molecule has 0 unspecified atom stereocenters. The Morgan fingerprint density at radius 2 is 2.27 bits per heavy atom. The van der Waals surface area contributed by atoms with Crippen molar-refractivity contribution >= 4 is 21.9 Å². The van der Waals surface area contributed by atoms with Crippen LogP contribution >= 0.6 is 15.9 Å². The van der Waals surface area contributed by atoms with Gasteiger partial charge in [0.05, 0.1) is 6.61 Å². The minimum atomic E-state index is -0.240. The number of hydrogen-bond donors (Lipinski definition) is 0. The van der Waals surface area contributed by atoms with E-state index in [9.17, 15) is 4.79 Å². The largest absolute Gasteiger partial charge is 0.461 e. The Morgan fingerprint density at radius 1 is 1.53 bits per heavy atom. The highest BCUT2D eigenvalue weighted by Crippen LogP contribution is 2.15. The monoisotopic (exact) mass is 273 g/mol. The molecule has 1 aromatic heterocycles. The van der Waals surface area contributed by atoms with Crippen molar-refractivity contribution in [2.24, 2.45) is 0 Å². The second kappa shape index (κ2) is 5.95. The lowest BCUT2D eigenvalue weighted by atomic mass is 10.3. The maximum atomic E-state index is 11.6. The predicted octanol–water partition coefficient (Wildman–Crippen LogP) is 3.23. The second-order valence-corrected chi connectivity index (χ2v) is 4.23. The number of unbranched alkanes of at least 4 members (excludes halogenated alkanes) is 1. The van der Waals surface area contributed by atoms with E-state index in [2.05, 4.69) is 22.9 Å². The Balaban J connectivity index is 2.64. The van der Waals surface area contributed by atoms with Gasteiger partial charge in [0.25, 0.3) is 0 Å². The van der Waals surface area contributed by atoms with Gasteiger partial charge < -0.3 is 9.30 Å². The average molecular weight is 274 g/mol. The smallest absolute Gasteiger partial charge is 0.354 e. The minimum absolute atomic E-state index is 0.240. The molecule has 0 amide bonds. The number of rotatable bonds is 5. The number of esters is 1. The molecule has 0 aliphatic rings. The second-order valence-electron chi connectivity index (χ2n) is 3.32. The van der Waals surface area contributed by atoms with Crippen LogP contribution in [0.4, 0.5) is 0 Å². The zero-order chi connectivity index (χ0) is 11.3. The van der Waals surface area contributed by atoms with Gasteiger partial charge in [-0.3, -0.25) is 0 Å². The van der Waals surface area contributed by atoms with Gasteiger partial charge in [-0.25, -0.2) is 4.79 Å². The number of carbonyl (C=O) groups is 1. The summed E-state index contributed by atoms with van der Waals surface area (Å²) in [6, 6.07) is 1.79. The van der Waals surface area contributed by atoms with Crippen LogP contribution in [-0.4, -0.2) is 17.1 Å². The van der Waals surface area contributed by atoms with Crippen molar-refractivity contribution in [2.45, 2.75) is 33.2 Å². The van der Waals surface area contributed by atoms with Gasteiger partial charge in [-0.15, -0.1) is 0 Å². The Morgan fingerprint density at radius 3 is 2.87 bits per heavy atom. The summed E-state index contributed by atoms with van der Waals surface area (Å²) >= 11 is 3.35. The van der Waals surface area contributed by atoms with E-state index in [0.29, 0.717) is 12.3 Å². The van der Waals surface area contributed by atoms with E-state index in [0.717, 1.165) is 23.9 Å². The molecule has 0 aliphatic carbocycles. The van der Waals surface area contributed by atoms with Crippen LogP contribution in [0.15, 0.2) is 16.7 Å². The quantitative estimate of drug-likeness (QED) is 0.609. The van der Waals surface area contributed by atoms with Gasteiger partial charge in [0.1, 0.15) is 5.69 Å². The van der Waals surface area contributed by atoms with E-state index in [1.54, 1.807) is 6.07 Å². The summed E-state index contributed by atoms with van der Waals surface area (Å²) < 4.78 is 7.93. The van der Waals surface area contributed by atoms with Gasteiger partial charge in [-0.2, -0.15) is 0 Å². The van der Waals surface area contributed by atoms with Gasteiger partial charge in [0.15, 0.2) is 0 Å². The van der Waals surface area contributed by atoms with Gasteiger partial charge >= 0.3 is 5.97 Å². The zero-order valence-electron chi connectivity index (χ0n) is 9.12. The average Bonchev–Trinajstić information content (AvgIpc) is 2.60. The molecule has 0 aromatic carbocycles. The van der Waals surface area contributed by atoms with Gasteiger partial charge in [0, 0.05) is 17.2 Å². The lowest BCUT2D eigenvalue weighted by Crippen LogP contribution is -2.11. The Hall–Kier alpha value is -0.770. The molecule has 1 heterocycles. The Bertz CT molecular complexity index is 333. The molecule has 0 atom stereocenters. The summed E-state index contributed by atoms with van der Waals surface area (Å²) in [6.07, 6.45) is 3.84. The van der Waals surface area contributed by atoms with E-state index in [-0.39, 0.29) is 5.97 Å². The van der Waals surface area contributed by atoms with E-state index >= 15 is 0 Å². The molecule has 0 bridgehead atoms. The highest BCUT2D eigenvalue weighted by Gasteiger charge is 2.12. The lowest BCUT2D eigenvalue weighted by molar-refractivity contribution is 0.0487. The van der Waals surface area contributed by atoms with Crippen LogP contribution in [0, 0.1) is 0 Å². The molecule has 0 aliphatic heterocycles. The Kier molecular flexibility index (Phi) is 4.88. The van der Waals surface area contributed by atoms with Crippen molar-refractivity contribution in [1.29, 1.82) is 0 Å². The van der Waals surface area contributed by atoms with Gasteiger partial charge in [-0.05, 0) is 35.3 Å². The van der Waals surface area contributed by atoms with Crippen molar-refractivity contribution < 1.29 is 9.53 Å². The number of halogens is 1. The van der Waals surface area contributed by atoms with Crippen LogP contribution in [0.25, 0.3) is 0 Å². The normalized spacial score (nSPS) is 10.3. The van der Waals surface area contributed by atoms with Crippen LogP contribution in [0.2, 0.25) is 0 Å². The number of ether oxygens (including phenoxy) is 1. The zero-order valence-corrected chi connectivity index (χ0v) is 10.7. The van der Waals surface area contributed by atoms with Crippen molar-refractivity contribution in [1.82, 2.24) is 4.57 Å². The molecule has 84 valence electrons. The summed E-state index contributed by atoms with van der Waals surface area (Å²) in [6.45, 7) is 5.33. The number of carbonyl (C=O) groups excluding carboxylic acids is 1. The molecule has 1 rings (SSSR count). The Labute approximate surface area is 98.5 Å². The van der Waals surface area contributed by atoms with E-state index < -0.39 is 0 Å². The van der Waals surface area contributed by atoms with Gasteiger partial charge in [0.2, 0.25) is 0 Å². The third kappa shape index (κ3) is 3.38. The molecule has 0 saturated heterocycles. The van der Waals surface area contributed by atoms with E-state index in [4.69, 9.17) is 4.74 Å². The molecule has 15 heavy (non-hydrogen) atoms. The molecular weight excluding hydrogens is 258 g/mol. The van der Waals surface area contributed by atoms with E-state index in [1.807, 2.05) is 17.7 Å². The number of nitrogens with zero attached hydrogens (tertiary/aromatic N) is 1. The maximum Gasteiger partial charge on any atom is 0.354 e. The van der Waals surface area contributed by atoms with Crippen LogP contribution in [0.3, 0.4) is 0 Å². The first-order valence-corrected chi connectivity index (χ1v) is 6.01. The molecule has 0 radical (unpaired) electrons. The van der Waals surface area contributed by atoms with Crippen molar-refractivity contribution in [3.05, 3.63) is 22.4 Å². The first-order valence-electron chi connectivity index (χ1n) is 5.21. The van der Waals surface area contributed by atoms with Crippen LogP contribution < -0.4 is 0 Å². The summed E-state index contributed by atoms with van der Waals surface area (Å²) in [5, 5.41) is 0. The summed E-state index contributed by atoms with van der Waals surface area (Å²) in [5.74, 6) is -0.240. The van der Waals surface area contributed by atoms with Crippen LogP contribution in [0.1, 0.15) is 37.2 Å². The summed E-state index contributed by atoms with van der Waals surface area (Å²) in [5.41, 5.74) is 0.612. The van der Waals surface area contributed by atoms with Crippen LogP contribution in [-0.2, 0) is 11.3 Å². The first kappa shape index (κ1) is 12.3. The fraction of sp³-hybridized carbons (Fsp3) is 0.545. The highest BCUT2D eigenvalue weighted by atomic mass is 79.9. The number of aryl methyl sites for hydroxylation is 1. The molecule has 1 aromatic rings. The summed E-state index contributed by atoms with van der Waals surface area (Å²) in [7, 11) is 0. The van der Waals surface area contributed by atoms with E-state index in [1.165, 1.54) is 0 Å². The van der Waals surface area contributed by atoms with Crippen molar-refractivity contribution in [2.75, 3.05) is 6.61 Å². The third-order valence-electron chi connectivity index (χ3n) is 2.14. The fourth-order valence-electron chi connectivity index (χ4n) is 1.29.